The van der Waals surface area contributed by atoms with Crippen LogP contribution in [0.3, 0.4) is 0 Å². The molecule has 2 saturated heterocycles. The van der Waals surface area contributed by atoms with Crippen LogP contribution in [0.4, 0.5) is 0 Å². The molecule has 0 amide bonds. The molecule has 2 aromatic rings. The molecule has 1 aromatic carbocycles. The first-order valence-electron chi connectivity index (χ1n) is 10.4. The Balaban J connectivity index is 1.58. The second-order valence-corrected chi connectivity index (χ2v) is 8.22. The zero-order valence-electron chi connectivity index (χ0n) is 16.5. The van der Waals surface area contributed by atoms with E-state index >= 15 is 0 Å². The predicted molar refractivity (Wildman–Crippen MR) is 109 cm³/mol. The SMILES string of the molecule is CC(C)N1CCCN(n2cc(CN3CCCCC3)c3c[c]ccc32)CC1. The van der Waals surface area contributed by atoms with E-state index in [0.717, 1.165) is 26.2 Å². The summed E-state index contributed by atoms with van der Waals surface area (Å²) in [7, 11) is 0. The lowest BCUT2D eigenvalue weighted by molar-refractivity contribution is 0.221. The highest BCUT2D eigenvalue weighted by Crippen LogP contribution is 2.24. The Kier molecular flexibility index (Phi) is 5.51. The number of benzene rings is 1. The van der Waals surface area contributed by atoms with Crippen LogP contribution in [0.2, 0.25) is 0 Å². The number of aromatic nitrogens is 1. The van der Waals surface area contributed by atoms with E-state index in [9.17, 15) is 0 Å². The number of likely N-dealkylation sites (tertiary alicyclic amines) is 1. The number of hydrogen-bond donors (Lipinski definition) is 0. The number of nitrogens with zero attached hydrogens (tertiary/aromatic N) is 4. The van der Waals surface area contributed by atoms with E-state index in [-0.39, 0.29) is 0 Å². The molecule has 2 fully saturated rings. The molecule has 0 N–H and O–H groups in total. The molecule has 2 aliphatic heterocycles. The van der Waals surface area contributed by atoms with Gasteiger partial charge >= 0.3 is 0 Å². The average molecular weight is 354 g/mol. The van der Waals surface area contributed by atoms with Crippen LogP contribution in [0, 0.1) is 6.07 Å². The van der Waals surface area contributed by atoms with Crippen molar-refractivity contribution in [1.82, 2.24) is 14.5 Å². The van der Waals surface area contributed by atoms with Gasteiger partial charge in [0.05, 0.1) is 5.52 Å². The molecule has 0 unspecified atom stereocenters. The molecule has 141 valence electrons. The van der Waals surface area contributed by atoms with Crippen LogP contribution in [-0.2, 0) is 6.54 Å². The summed E-state index contributed by atoms with van der Waals surface area (Å²) in [4.78, 5) is 5.23. The third-order valence-electron chi connectivity index (χ3n) is 6.10. The fraction of sp³-hybridized carbons (Fsp3) is 0.636. The van der Waals surface area contributed by atoms with Crippen molar-refractivity contribution in [3.05, 3.63) is 36.0 Å². The first-order valence-corrected chi connectivity index (χ1v) is 10.4. The van der Waals surface area contributed by atoms with Gasteiger partial charge in [0.2, 0.25) is 0 Å². The zero-order chi connectivity index (χ0) is 17.9. The van der Waals surface area contributed by atoms with Gasteiger partial charge in [0.1, 0.15) is 0 Å². The summed E-state index contributed by atoms with van der Waals surface area (Å²) >= 11 is 0. The molecule has 1 aromatic heterocycles. The quantitative estimate of drug-likeness (QED) is 0.836. The summed E-state index contributed by atoms with van der Waals surface area (Å²) < 4.78 is 2.44. The molecule has 0 spiro atoms. The molecule has 4 rings (SSSR count). The first-order chi connectivity index (χ1) is 12.7. The smallest absolute Gasteiger partial charge is 0.0698 e. The highest BCUT2D eigenvalue weighted by molar-refractivity contribution is 5.84. The standard InChI is InChI=1S/C22H33N4/c1-19(2)24-13-8-14-25(16-15-24)26-18-20(17-23-11-6-3-7-12-23)21-9-4-5-10-22(21)26/h5,9-10,18-19H,3,6-8,11-17H2,1-2H3. The van der Waals surface area contributed by atoms with Crippen molar-refractivity contribution in [1.29, 1.82) is 0 Å². The van der Waals surface area contributed by atoms with Crippen LogP contribution in [0.15, 0.2) is 24.4 Å². The Morgan fingerprint density at radius 3 is 2.62 bits per heavy atom. The Morgan fingerprint density at radius 1 is 0.962 bits per heavy atom. The lowest BCUT2D eigenvalue weighted by atomic mass is 10.1. The maximum absolute atomic E-state index is 3.31. The van der Waals surface area contributed by atoms with Crippen molar-refractivity contribution in [2.24, 2.45) is 0 Å². The molecule has 2 aliphatic rings. The maximum Gasteiger partial charge on any atom is 0.0698 e. The van der Waals surface area contributed by atoms with E-state index < -0.39 is 0 Å². The second-order valence-electron chi connectivity index (χ2n) is 8.22. The van der Waals surface area contributed by atoms with Crippen LogP contribution < -0.4 is 5.01 Å². The molecule has 0 aliphatic carbocycles. The summed E-state index contributed by atoms with van der Waals surface area (Å²) in [6.45, 7) is 12.8. The summed E-state index contributed by atoms with van der Waals surface area (Å²) in [6.07, 6.45) is 7.73. The average Bonchev–Trinajstić information content (AvgIpc) is 2.85. The highest BCUT2D eigenvalue weighted by Gasteiger charge is 2.20. The third kappa shape index (κ3) is 3.77. The lowest BCUT2D eigenvalue weighted by Gasteiger charge is -2.27. The summed E-state index contributed by atoms with van der Waals surface area (Å²) in [5.41, 5.74) is 2.80. The highest BCUT2D eigenvalue weighted by atomic mass is 15.5. The Labute approximate surface area is 158 Å². The van der Waals surface area contributed by atoms with Crippen molar-refractivity contribution in [3.63, 3.8) is 0 Å². The first kappa shape index (κ1) is 17.9. The van der Waals surface area contributed by atoms with Gasteiger partial charge in [-0.25, -0.2) is 0 Å². The molecule has 4 nitrogen and oxygen atoms in total. The van der Waals surface area contributed by atoms with Crippen LogP contribution in [0.5, 0.6) is 0 Å². The normalized spacial score (nSPS) is 20.8. The lowest BCUT2D eigenvalue weighted by Crippen LogP contribution is -2.39. The number of rotatable bonds is 4. The number of piperidine rings is 1. The van der Waals surface area contributed by atoms with Crippen molar-refractivity contribution in [3.8, 4) is 0 Å². The minimum Gasteiger partial charge on any atom is -0.311 e. The summed E-state index contributed by atoms with van der Waals surface area (Å²) in [6, 6.07) is 10.4. The third-order valence-corrected chi connectivity index (χ3v) is 6.10. The van der Waals surface area contributed by atoms with Gasteiger partial charge in [0.15, 0.2) is 0 Å². The fourth-order valence-electron chi connectivity index (χ4n) is 4.54. The van der Waals surface area contributed by atoms with Gasteiger partial charge in [-0.15, -0.1) is 0 Å². The molecule has 4 heteroatoms. The topological polar surface area (TPSA) is 14.7 Å². The van der Waals surface area contributed by atoms with E-state index in [1.54, 1.807) is 0 Å². The van der Waals surface area contributed by atoms with Crippen LogP contribution >= 0.6 is 0 Å². The molecule has 0 bridgehead atoms. The van der Waals surface area contributed by atoms with Crippen molar-refractivity contribution >= 4 is 10.9 Å². The van der Waals surface area contributed by atoms with Gasteiger partial charge in [-0.3, -0.25) is 14.5 Å². The molecule has 0 saturated carbocycles. The minimum atomic E-state index is 0.639. The Morgan fingerprint density at radius 2 is 1.81 bits per heavy atom. The molecule has 26 heavy (non-hydrogen) atoms. The van der Waals surface area contributed by atoms with Crippen molar-refractivity contribution in [2.75, 3.05) is 44.3 Å². The van der Waals surface area contributed by atoms with Gasteiger partial charge in [0, 0.05) is 50.3 Å². The van der Waals surface area contributed by atoms with Gasteiger partial charge < -0.3 is 5.01 Å². The van der Waals surface area contributed by atoms with E-state index in [1.165, 1.54) is 61.8 Å². The van der Waals surface area contributed by atoms with Crippen molar-refractivity contribution in [2.45, 2.75) is 52.1 Å². The largest absolute Gasteiger partial charge is 0.311 e. The van der Waals surface area contributed by atoms with Crippen molar-refractivity contribution < 1.29 is 0 Å². The Bertz CT molecular complexity index is 714. The van der Waals surface area contributed by atoms with E-state index in [2.05, 4.69) is 63.8 Å². The van der Waals surface area contributed by atoms with Gasteiger partial charge in [-0.05, 0) is 70.0 Å². The molecule has 3 heterocycles. The van der Waals surface area contributed by atoms with Gasteiger partial charge in [-0.2, -0.15) is 0 Å². The van der Waals surface area contributed by atoms with Crippen LogP contribution in [0.1, 0.15) is 45.1 Å². The van der Waals surface area contributed by atoms with E-state index in [1.807, 2.05) is 0 Å². The fourth-order valence-corrected chi connectivity index (χ4v) is 4.54. The molecule has 0 atom stereocenters. The van der Waals surface area contributed by atoms with Crippen LogP contribution in [0.25, 0.3) is 10.9 Å². The molecule has 1 radical (unpaired) electrons. The predicted octanol–water partition coefficient (Wildman–Crippen LogP) is 3.48. The summed E-state index contributed by atoms with van der Waals surface area (Å²) in [5, 5.41) is 3.92. The van der Waals surface area contributed by atoms with Gasteiger partial charge in [0.25, 0.3) is 0 Å². The van der Waals surface area contributed by atoms with E-state index in [0.29, 0.717) is 6.04 Å². The van der Waals surface area contributed by atoms with Gasteiger partial charge in [-0.1, -0.05) is 12.5 Å². The Hall–Kier alpha value is -1.52. The van der Waals surface area contributed by atoms with E-state index in [4.69, 9.17) is 0 Å². The summed E-state index contributed by atoms with van der Waals surface area (Å²) in [5.74, 6) is 0. The maximum atomic E-state index is 3.31. The number of hydrogen-bond acceptors (Lipinski definition) is 3. The monoisotopic (exact) mass is 353 g/mol. The molecular formula is C22H33N4. The minimum absolute atomic E-state index is 0.639. The van der Waals surface area contributed by atoms with Crippen LogP contribution in [-0.4, -0.2) is 59.8 Å². The second kappa shape index (κ2) is 8.01. The number of fused-ring (bicyclic) bond motifs is 1. The zero-order valence-corrected chi connectivity index (χ0v) is 16.5. The molecular weight excluding hydrogens is 320 g/mol.